The average molecular weight is 369 g/mol. The van der Waals surface area contributed by atoms with Gasteiger partial charge in [-0.2, -0.15) is 0 Å². The summed E-state index contributed by atoms with van der Waals surface area (Å²) in [6.07, 6.45) is 6.40. The number of thiazole rings is 1. The Kier molecular flexibility index (Phi) is 6.10. The average Bonchev–Trinajstić information content (AvgIpc) is 3.32. The van der Waals surface area contributed by atoms with Gasteiger partial charge in [0.2, 0.25) is 5.91 Å². The lowest BCUT2D eigenvalue weighted by molar-refractivity contribution is -0.120. The van der Waals surface area contributed by atoms with E-state index in [0.29, 0.717) is 22.9 Å². The standard InChI is InChI=1S/C18H19N5O2S/c24-16(20-7-4-9-23-10-8-19-13-23)11-15-12-26-18(21-15)22-17(25)14-5-2-1-3-6-14/h1-3,5-6,8,10,12-13H,4,7,9,11H2,(H,20,24)(H,21,22,25). The SMILES string of the molecule is O=C(Cc1csc(NC(=O)c2ccccc2)n1)NCCCn1ccnc1. The molecule has 2 N–H and O–H groups in total. The number of nitrogens with zero attached hydrogens (tertiary/aromatic N) is 3. The molecule has 0 atom stereocenters. The van der Waals surface area contributed by atoms with Gasteiger partial charge in [-0.3, -0.25) is 14.9 Å². The van der Waals surface area contributed by atoms with Gasteiger partial charge in [0.25, 0.3) is 5.91 Å². The topological polar surface area (TPSA) is 88.9 Å². The molecule has 0 radical (unpaired) electrons. The van der Waals surface area contributed by atoms with Crippen LogP contribution >= 0.6 is 11.3 Å². The normalized spacial score (nSPS) is 10.5. The van der Waals surface area contributed by atoms with E-state index in [1.54, 1.807) is 42.2 Å². The summed E-state index contributed by atoms with van der Waals surface area (Å²) in [5, 5.41) is 7.89. The largest absolute Gasteiger partial charge is 0.356 e. The number of nitrogens with one attached hydrogen (secondary N) is 2. The summed E-state index contributed by atoms with van der Waals surface area (Å²) in [5.41, 5.74) is 1.21. The number of amides is 2. The minimum absolute atomic E-state index is 0.0816. The summed E-state index contributed by atoms with van der Waals surface area (Å²) in [6, 6.07) is 8.94. The fourth-order valence-electron chi connectivity index (χ4n) is 2.34. The Morgan fingerprint density at radius 3 is 2.81 bits per heavy atom. The molecule has 0 unspecified atom stereocenters. The van der Waals surface area contributed by atoms with Gasteiger partial charge in [0, 0.05) is 36.4 Å². The molecular formula is C18H19N5O2S. The van der Waals surface area contributed by atoms with Gasteiger partial charge in [0.05, 0.1) is 18.4 Å². The van der Waals surface area contributed by atoms with E-state index >= 15 is 0 Å². The molecule has 134 valence electrons. The second-order valence-corrected chi connectivity index (χ2v) is 6.50. The van der Waals surface area contributed by atoms with Crippen LogP contribution in [0.5, 0.6) is 0 Å². The van der Waals surface area contributed by atoms with Crippen LogP contribution in [-0.2, 0) is 17.8 Å². The number of aromatic nitrogens is 3. The first kappa shape index (κ1) is 17.8. The lowest BCUT2D eigenvalue weighted by atomic mass is 10.2. The van der Waals surface area contributed by atoms with Crippen molar-refractivity contribution in [1.29, 1.82) is 0 Å². The van der Waals surface area contributed by atoms with E-state index in [2.05, 4.69) is 20.6 Å². The van der Waals surface area contributed by atoms with Crippen molar-refractivity contribution in [3.63, 3.8) is 0 Å². The lowest BCUT2D eigenvalue weighted by Gasteiger charge is -2.04. The number of carbonyl (C=O) groups excluding carboxylic acids is 2. The van der Waals surface area contributed by atoms with Gasteiger partial charge < -0.3 is 9.88 Å². The number of hydrogen-bond donors (Lipinski definition) is 2. The molecule has 0 aliphatic carbocycles. The van der Waals surface area contributed by atoms with Gasteiger partial charge >= 0.3 is 0 Å². The van der Waals surface area contributed by atoms with E-state index in [9.17, 15) is 9.59 Å². The van der Waals surface area contributed by atoms with Crippen LogP contribution in [0.15, 0.2) is 54.4 Å². The predicted molar refractivity (Wildman–Crippen MR) is 100 cm³/mol. The van der Waals surface area contributed by atoms with Gasteiger partial charge in [-0.25, -0.2) is 9.97 Å². The number of carbonyl (C=O) groups is 2. The summed E-state index contributed by atoms with van der Waals surface area (Å²) in [6.45, 7) is 1.41. The minimum Gasteiger partial charge on any atom is -0.356 e. The number of benzene rings is 1. The first-order valence-corrected chi connectivity index (χ1v) is 9.12. The van der Waals surface area contributed by atoms with Crippen molar-refractivity contribution in [3.8, 4) is 0 Å². The Labute approximate surface area is 155 Å². The number of imidazole rings is 1. The first-order valence-electron chi connectivity index (χ1n) is 8.24. The van der Waals surface area contributed by atoms with Crippen LogP contribution in [0.4, 0.5) is 5.13 Å². The van der Waals surface area contributed by atoms with Crippen molar-refractivity contribution in [2.45, 2.75) is 19.4 Å². The maximum Gasteiger partial charge on any atom is 0.257 e. The molecule has 7 nitrogen and oxygen atoms in total. The van der Waals surface area contributed by atoms with E-state index in [1.165, 1.54) is 11.3 Å². The Hall–Kier alpha value is -3.00. The summed E-state index contributed by atoms with van der Waals surface area (Å²) in [7, 11) is 0. The third-order valence-corrected chi connectivity index (χ3v) is 4.43. The summed E-state index contributed by atoms with van der Waals surface area (Å²) < 4.78 is 1.97. The van der Waals surface area contributed by atoms with Crippen LogP contribution in [0.2, 0.25) is 0 Å². The molecule has 26 heavy (non-hydrogen) atoms. The molecule has 0 aliphatic rings. The molecule has 1 aromatic carbocycles. The Morgan fingerprint density at radius 1 is 1.19 bits per heavy atom. The van der Waals surface area contributed by atoms with Crippen molar-refractivity contribution in [3.05, 3.63) is 65.7 Å². The maximum absolute atomic E-state index is 12.1. The zero-order valence-electron chi connectivity index (χ0n) is 14.1. The highest BCUT2D eigenvalue weighted by Gasteiger charge is 2.10. The summed E-state index contributed by atoms with van der Waals surface area (Å²) in [4.78, 5) is 32.3. The number of rotatable bonds is 8. The number of aryl methyl sites for hydroxylation is 1. The quantitative estimate of drug-likeness (QED) is 0.597. The van der Waals surface area contributed by atoms with Crippen molar-refractivity contribution >= 4 is 28.3 Å². The molecule has 0 spiro atoms. The molecule has 0 saturated heterocycles. The van der Waals surface area contributed by atoms with Crippen molar-refractivity contribution in [2.24, 2.45) is 0 Å². The third-order valence-electron chi connectivity index (χ3n) is 3.62. The summed E-state index contributed by atoms with van der Waals surface area (Å²) >= 11 is 1.31. The lowest BCUT2D eigenvalue weighted by Crippen LogP contribution is -2.26. The predicted octanol–water partition coefficient (Wildman–Crippen LogP) is 2.34. The second-order valence-electron chi connectivity index (χ2n) is 5.64. The molecule has 3 aromatic rings. The van der Waals surface area contributed by atoms with Gasteiger partial charge in [-0.15, -0.1) is 11.3 Å². The number of anilines is 1. The first-order chi connectivity index (χ1) is 12.7. The van der Waals surface area contributed by atoms with E-state index in [1.807, 2.05) is 16.8 Å². The van der Waals surface area contributed by atoms with Crippen LogP contribution in [0, 0.1) is 0 Å². The molecule has 0 saturated carbocycles. The van der Waals surface area contributed by atoms with Crippen LogP contribution < -0.4 is 10.6 Å². The molecular weight excluding hydrogens is 350 g/mol. The maximum atomic E-state index is 12.1. The van der Waals surface area contributed by atoms with Gasteiger partial charge in [-0.05, 0) is 18.6 Å². The molecule has 2 heterocycles. The van der Waals surface area contributed by atoms with E-state index in [0.717, 1.165) is 13.0 Å². The van der Waals surface area contributed by atoms with Crippen LogP contribution in [0.25, 0.3) is 0 Å². The van der Waals surface area contributed by atoms with Gasteiger partial charge in [0.15, 0.2) is 5.13 Å². The van der Waals surface area contributed by atoms with Crippen LogP contribution in [-0.4, -0.2) is 32.9 Å². The molecule has 0 fully saturated rings. The highest BCUT2D eigenvalue weighted by Crippen LogP contribution is 2.17. The molecule has 0 bridgehead atoms. The van der Waals surface area contributed by atoms with Crippen molar-refractivity contribution < 1.29 is 9.59 Å². The van der Waals surface area contributed by atoms with E-state index < -0.39 is 0 Å². The van der Waals surface area contributed by atoms with Gasteiger partial charge in [-0.1, -0.05) is 18.2 Å². The summed E-state index contributed by atoms with van der Waals surface area (Å²) in [5.74, 6) is -0.294. The zero-order valence-corrected chi connectivity index (χ0v) is 14.9. The highest BCUT2D eigenvalue weighted by atomic mass is 32.1. The zero-order chi connectivity index (χ0) is 18.2. The van der Waals surface area contributed by atoms with Crippen molar-refractivity contribution in [2.75, 3.05) is 11.9 Å². The smallest absolute Gasteiger partial charge is 0.257 e. The van der Waals surface area contributed by atoms with Crippen LogP contribution in [0.3, 0.4) is 0 Å². The van der Waals surface area contributed by atoms with Crippen molar-refractivity contribution in [1.82, 2.24) is 19.9 Å². The van der Waals surface area contributed by atoms with Gasteiger partial charge in [0.1, 0.15) is 0 Å². The fraction of sp³-hybridized carbons (Fsp3) is 0.222. The molecule has 8 heteroatoms. The molecule has 2 amide bonds. The Balaban J connectivity index is 1.41. The number of hydrogen-bond acceptors (Lipinski definition) is 5. The third kappa shape index (κ3) is 5.25. The second kappa shape index (κ2) is 8.91. The molecule has 3 rings (SSSR count). The van der Waals surface area contributed by atoms with E-state index in [4.69, 9.17) is 0 Å². The molecule has 2 aromatic heterocycles. The van der Waals surface area contributed by atoms with Crippen LogP contribution in [0.1, 0.15) is 22.5 Å². The highest BCUT2D eigenvalue weighted by molar-refractivity contribution is 7.14. The van der Waals surface area contributed by atoms with E-state index in [-0.39, 0.29) is 18.2 Å². The molecule has 0 aliphatic heterocycles. The Bertz CT molecular complexity index is 846. The minimum atomic E-state index is -0.213. The Morgan fingerprint density at radius 2 is 2.04 bits per heavy atom. The monoisotopic (exact) mass is 369 g/mol. The fourth-order valence-corrected chi connectivity index (χ4v) is 3.05.